The molecule has 0 bridgehead atoms. The van der Waals surface area contributed by atoms with Crippen LogP contribution < -0.4 is 4.74 Å². The van der Waals surface area contributed by atoms with Crippen LogP contribution in [0, 0.1) is 19.8 Å². The van der Waals surface area contributed by atoms with Crippen molar-refractivity contribution in [3.05, 3.63) is 64.7 Å². The molecule has 0 amide bonds. The van der Waals surface area contributed by atoms with Gasteiger partial charge in [-0.2, -0.15) is 0 Å². The van der Waals surface area contributed by atoms with E-state index in [4.69, 9.17) is 9.47 Å². The summed E-state index contributed by atoms with van der Waals surface area (Å²) in [6.45, 7) is 8.46. The van der Waals surface area contributed by atoms with Crippen molar-refractivity contribution in [1.29, 1.82) is 0 Å². The highest BCUT2D eigenvalue weighted by Crippen LogP contribution is 2.24. The molecule has 0 aromatic heterocycles. The number of rotatable bonds is 7. The lowest BCUT2D eigenvalue weighted by atomic mass is 10.0. The standard InChI is InChI=1S/C21H26O4/c1-14(2)12-25-21(23)20(22)18-8-6-5-7-17(18)13-24-19-11-15(3)9-10-16(19)4/h5-11,14,20,22H,12-13H2,1-4H3. The van der Waals surface area contributed by atoms with Gasteiger partial charge in [-0.15, -0.1) is 0 Å². The van der Waals surface area contributed by atoms with Gasteiger partial charge in [0.15, 0.2) is 6.10 Å². The summed E-state index contributed by atoms with van der Waals surface area (Å²) in [5, 5.41) is 10.3. The number of esters is 1. The van der Waals surface area contributed by atoms with Crippen molar-refractivity contribution in [3.63, 3.8) is 0 Å². The number of hydrogen-bond donors (Lipinski definition) is 1. The molecule has 1 N–H and O–H groups in total. The van der Waals surface area contributed by atoms with Crippen LogP contribution in [-0.2, 0) is 16.1 Å². The molecule has 2 rings (SSSR count). The van der Waals surface area contributed by atoms with Crippen molar-refractivity contribution in [1.82, 2.24) is 0 Å². The second kappa shape index (κ2) is 8.67. The molecular formula is C21H26O4. The molecule has 1 unspecified atom stereocenters. The Morgan fingerprint density at radius 3 is 2.56 bits per heavy atom. The van der Waals surface area contributed by atoms with Crippen molar-refractivity contribution >= 4 is 5.97 Å². The number of carbonyl (C=O) groups is 1. The first kappa shape index (κ1) is 19.0. The highest BCUT2D eigenvalue weighted by Gasteiger charge is 2.22. The van der Waals surface area contributed by atoms with Gasteiger partial charge in [0.2, 0.25) is 0 Å². The molecule has 0 spiro atoms. The highest BCUT2D eigenvalue weighted by atomic mass is 16.5. The molecule has 2 aromatic carbocycles. The zero-order valence-electron chi connectivity index (χ0n) is 15.3. The van der Waals surface area contributed by atoms with Gasteiger partial charge in [0.05, 0.1) is 6.61 Å². The zero-order chi connectivity index (χ0) is 18.4. The van der Waals surface area contributed by atoms with Gasteiger partial charge in [0, 0.05) is 0 Å². The zero-order valence-corrected chi connectivity index (χ0v) is 15.3. The molecule has 0 aliphatic carbocycles. The Balaban J connectivity index is 2.12. The summed E-state index contributed by atoms with van der Waals surface area (Å²) in [7, 11) is 0. The van der Waals surface area contributed by atoms with Crippen LogP contribution in [0.2, 0.25) is 0 Å². The highest BCUT2D eigenvalue weighted by molar-refractivity contribution is 5.76. The van der Waals surface area contributed by atoms with Crippen molar-refractivity contribution in [2.24, 2.45) is 5.92 Å². The fraction of sp³-hybridized carbons (Fsp3) is 0.381. The van der Waals surface area contributed by atoms with Gasteiger partial charge in [-0.1, -0.05) is 50.2 Å². The number of hydrogen-bond acceptors (Lipinski definition) is 4. The number of benzene rings is 2. The van der Waals surface area contributed by atoms with Crippen LogP contribution in [0.25, 0.3) is 0 Å². The summed E-state index contributed by atoms with van der Waals surface area (Å²) in [6.07, 6.45) is -1.31. The van der Waals surface area contributed by atoms with E-state index < -0.39 is 12.1 Å². The van der Waals surface area contributed by atoms with Gasteiger partial charge in [0.25, 0.3) is 0 Å². The Bertz CT molecular complexity index is 722. The number of aryl methyl sites for hydroxylation is 2. The van der Waals surface area contributed by atoms with Gasteiger partial charge in [-0.25, -0.2) is 4.79 Å². The molecule has 1 atom stereocenters. The second-order valence-corrected chi connectivity index (χ2v) is 6.68. The maximum absolute atomic E-state index is 12.1. The number of aliphatic hydroxyl groups is 1. The Kier molecular flexibility index (Phi) is 6.59. The van der Waals surface area contributed by atoms with Gasteiger partial charge in [0.1, 0.15) is 12.4 Å². The van der Waals surface area contributed by atoms with E-state index in [0.717, 1.165) is 22.4 Å². The normalized spacial score (nSPS) is 12.1. The van der Waals surface area contributed by atoms with Crippen LogP contribution in [-0.4, -0.2) is 17.7 Å². The number of carbonyl (C=O) groups excluding carboxylic acids is 1. The summed E-state index contributed by atoms with van der Waals surface area (Å²) in [5.41, 5.74) is 3.44. The fourth-order valence-corrected chi connectivity index (χ4v) is 2.41. The van der Waals surface area contributed by atoms with Crippen molar-refractivity contribution in [2.45, 2.75) is 40.4 Å². The third-order valence-corrected chi connectivity index (χ3v) is 3.86. The molecular weight excluding hydrogens is 316 g/mol. The Morgan fingerprint density at radius 2 is 1.84 bits per heavy atom. The van der Waals surface area contributed by atoms with Gasteiger partial charge in [-0.05, 0) is 48.1 Å². The molecule has 0 saturated heterocycles. The second-order valence-electron chi connectivity index (χ2n) is 6.68. The monoisotopic (exact) mass is 342 g/mol. The molecule has 0 fully saturated rings. The molecule has 25 heavy (non-hydrogen) atoms. The Labute approximate surface area is 149 Å². The predicted molar refractivity (Wildman–Crippen MR) is 97.4 cm³/mol. The van der Waals surface area contributed by atoms with E-state index in [0.29, 0.717) is 5.56 Å². The SMILES string of the molecule is Cc1ccc(C)c(OCc2ccccc2C(O)C(=O)OCC(C)C)c1. The lowest BCUT2D eigenvalue weighted by Gasteiger charge is -2.17. The summed E-state index contributed by atoms with van der Waals surface area (Å²) in [6, 6.07) is 13.2. The van der Waals surface area contributed by atoms with E-state index in [9.17, 15) is 9.90 Å². The first-order chi connectivity index (χ1) is 11.9. The van der Waals surface area contributed by atoms with Crippen LogP contribution in [0.1, 0.15) is 42.2 Å². The smallest absolute Gasteiger partial charge is 0.339 e. The lowest BCUT2D eigenvalue weighted by Crippen LogP contribution is -2.19. The van der Waals surface area contributed by atoms with E-state index >= 15 is 0 Å². The van der Waals surface area contributed by atoms with E-state index in [1.807, 2.05) is 58.0 Å². The summed E-state index contributed by atoms with van der Waals surface area (Å²) >= 11 is 0. The van der Waals surface area contributed by atoms with E-state index in [1.165, 1.54) is 0 Å². The van der Waals surface area contributed by atoms with Crippen molar-refractivity contribution < 1.29 is 19.4 Å². The average Bonchev–Trinajstić information content (AvgIpc) is 2.60. The minimum Gasteiger partial charge on any atom is -0.489 e. The first-order valence-electron chi connectivity index (χ1n) is 8.51. The van der Waals surface area contributed by atoms with Crippen LogP contribution >= 0.6 is 0 Å². The van der Waals surface area contributed by atoms with Crippen LogP contribution in [0.5, 0.6) is 5.75 Å². The molecule has 4 nitrogen and oxygen atoms in total. The summed E-state index contributed by atoms with van der Waals surface area (Å²) in [4.78, 5) is 12.1. The molecule has 4 heteroatoms. The predicted octanol–water partition coefficient (Wildman–Crippen LogP) is 4.12. The third kappa shape index (κ3) is 5.33. The first-order valence-corrected chi connectivity index (χ1v) is 8.51. The van der Waals surface area contributed by atoms with Crippen molar-refractivity contribution in [2.75, 3.05) is 6.61 Å². The molecule has 0 aliphatic rings. The number of ether oxygens (including phenoxy) is 2. The largest absolute Gasteiger partial charge is 0.489 e. The Morgan fingerprint density at radius 1 is 1.12 bits per heavy atom. The summed E-state index contributed by atoms with van der Waals surface area (Å²) < 4.78 is 11.1. The molecule has 0 aliphatic heterocycles. The van der Waals surface area contributed by atoms with Crippen LogP contribution in [0.3, 0.4) is 0 Å². The van der Waals surface area contributed by atoms with E-state index in [-0.39, 0.29) is 19.1 Å². The van der Waals surface area contributed by atoms with Crippen LogP contribution in [0.15, 0.2) is 42.5 Å². The fourth-order valence-electron chi connectivity index (χ4n) is 2.41. The Hall–Kier alpha value is -2.33. The van der Waals surface area contributed by atoms with Crippen LogP contribution in [0.4, 0.5) is 0 Å². The third-order valence-electron chi connectivity index (χ3n) is 3.86. The maximum Gasteiger partial charge on any atom is 0.339 e. The van der Waals surface area contributed by atoms with Gasteiger partial charge >= 0.3 is 5.97 Å². The van der Waals surface area contributed by atoms with Crippen molar-refractivity contribution in [3.8, 4) is 5.75 Å². The average molecular weight is 342 g/mol. The quantitative estimate of drug-likeness (QED) is 0.769. The molecule has 0 saturated carbocycles. The summed E-state index contributed by atoms with van der Waals surface area (Å²) in [5.74, 6) is 0.388. The van der Waals surface area contributed by atoms with Gasteiger partial charge < -0.3 is 14.6 Å². The van der Waals surface area contributed by atoms with E-state index in [1.54, 1.807) is 12.1 Å². The molecule has 0 radical (unpaired) electrons. The molecule has 0 heterocycles. The van der Waals surface area contributed by atoms with E-state index in [2.05, 4.69) is 0 Å². The van der Waals surface area contributed by atoms with Gasteiger partial charge in [-0.3, -0.25) is 0 Å². The minimum absolute atomic E-state index is 0.221. The lowest BCUT2D eigenvalue weighted by molar-refractivity contribution is -0.155. The molecule has 2 aromatic rings. The number of aliphatic hydroxyl groups excluding tert-OH is 1. The maximum atomic E-state index is 12.1. The topological polar surface area (TPSA) is 55.8 Å². The minimum atomic E-state index is -1.31. The molecule has 134 valence electrons.